The average molecular weight is 334 g/mol. The molecule has 0 bridgehead atoms. The fourth-order valence-corrected chi connectivity index (χ4v) is 2.57. The van der Waals surface area contributed by atoms with Crippen LogP contribution >= 0.6 is 15.9 Å². The molecule has 1 aliphatic rings. The number of benzene rings is 1. The predicted octanol–water partition coefficient (Wildman–Crippen LogP) is 2.92. The molecular formula is C14H12BrN3O2. The number of fused-ring (bicyclic) bond motifs is 1. The van der Waals surface area contributed by atoms with Gasteiger partial charge in [-0.1, -0.05) is 15.9 Å². The van der Waals surface area contributed by atoms with Gasteiger partial charge in [-0.3, -0.25) is 9.56 Å². The van der Waals surface area contributed by atoms with Gasteiger partial charge in [0.1, 0.15) is 5.69 Å². The monoisotopic (exact) mass is 333 g/mol. The lowest BCUT2D eigenvalue weighted by Gasteiger charge is -2.01. The van der Waals surface area contributed by atoms with Gasteiger partial charge in [0.2, 0.25) is 5.88 Å². The molecule has 1 aliphatic heterocycles. The van der Waals surface area contributed by atoms with E-state index in [0.29, 0.717) is 12.2 Å². The Labute approximate surface area is 123 Å². The van der Waals surface area contributed by atoms with Gasteiger partial charge in [-0.25, -0.2) is 4.79 Å². The molecular weight excluding hydrogens is 322 g/mol. The van der Waals surface area contributed by atoms with Gasteiger partial charge >= 0.3 is 5.69 Å². The van der Waals surface area contributed by atoms with Crippen molar-refractivity contribution in [3.8, 4) is 5.88 Å². The van der Waals surface area contributed by atoms with E-state index in [-0.39, 0.29) is 11.6 Å². The first-order chi connectivity index (χ1) is 9.60. The van der Waals surface area contributed by atoms with Gasteiger partial charge in [0.15, 0.2) is 0 Å². The SMILES string of the molecule is CCn1c(O)c(/C=C2\C=Nc3ccc(Br)cc32)[nH]c1=O. The Kier molecular flexibility index (Phi) is 3.10. The van der Waals surface area contributed by atoms with Crippen molar-refractivity contribution in [2.24, 2.45) is 4.99 Å². The van der Waals surface area contributed by atoms with Crippen molar-refractivity contribution in [1.82, 2.24) is 9.55 Å². The van der Waals surface area contributed by atoms with Crippen LogP contribution in [-0.4, -0.2) is 20.9 Å². The van der Waals surface area contributed by atoms with Crippen LogP contribution in [0.2, 0.25) is 0 Å². The first-order valence-electron chi connectivity index (χ1n) is 6.17. The van der Waals surface area contributed by atoms with Gasteiger partial charge in [-0.05, 0) is 31.2 Å². The van der Waals surface area contributed by atoms with E-state index in [9.17, 15) is 9.90 Å². The lowest BCUT2D eigenvalue weighted by Crippen LogP contribution is -2.14. The number of H-pyrrole nitrogens is 1. The molecule has 0 saturated heterocycles. The fourth-order valence-electron chi connectivity index (χ4n) is 2.21. The predicted molar refractivity (Wildman–Crippen MR) is 82.6 cm³/mol. The quantitative estimate of drug-likeness (QED) is 0.886. The third kappa shape index (κ3) is 2.02. The number of aromatic nitrogens is 2. The van der Waals surface area contributed by atoms with Crippen LogP contribution in [0.25, 0.3) is 11.6 Å². The Morgan fingerprint density at radius 1 is 1.50 bits per heavy atom. The Hall–Kier alpha value is -2.08. The summed E-state index contributed by atoms with van der Waals surface area (Å²) in [6.45, 7) is 2.22. The van der Waals surface area contributed by atoms with Crippen molar-refractivity contribution < 1.29 is 5.11 Å². The van der Waals surface area contributed by atoms with Gasteiger partial charge in [0.25, 0.3) is 0 Å². The first kappa shape index (κ1) is 12.9. The summed E-state index contributed by atoms with van der Waals surface area (Å²) in [5, 5.41) is 10.0. The highest BCUT2D eigenvalue weighted by Gasteiger charge is 2.15. The molecule has 0 aliphatic carbocycles. The molecule has 102 valence electrons. The second kappa shape index (κ2) is 4.79. The molecule has 5 nitrogen and oxygen atoms in total. The molecule has 0 fully saturated rings. The molecule has 6 heteroatoms. The van der Waals surface area contributed by atoms with Crippen molar-refractivity contribution in [3.63, 3.8) is 0 Å². The van der Waals surface area contributed by atoms with Crippen LogP contribution in [0.1, 0.15) is 18.2 Å². The van der Waals surface area contributed by atoms with E-state index in [1.807, 2.05) is 18.2 Å². The van der Waals surface area contributed by atoms with Crippen molar-refractivity contribution in [3.05, 3.63) is 44.4 Å². The lowest BCUT2D eigenvalue weighted by atomic mass is 10.1. The Balaban J connectivity index is 2.11. The largest absolute Gasteiger partial charge is 0.493 e. The first-order valence-corrected chi connectivity index (χ1v) is 6.97. The second-order valence-electron chi connectivity index (χ2n) is 4.43. The molecule has 0 atom stereocenters. The van der Waals surface area contributed by atoms with Crippen molar-refractivity contribution in [1.29, 1.82) is 0 Å². The minimum absolute atomic E-state index is 0.0538. The number of nitrogens with zero attached hydrogens (tertiary/aromatic N) is 2. The number of halogens is 1. The number of rotatable bonds is 2. The molecule has 2 heterocycles. The van der Waals surface area contributed by atoms with E-state index >= 15 is 0 Å². The number of aliphatic imine (C=N–C) groups is 1. The smallest absolute Gasteiger partial charge is 0.328 e. The maximum atomic E-state index is 11.6. The third-order valence-electron chi connectivity index (χ3n) is 3.21. The van der Waals surface area contributed by atoms with Crippen molar-refractivity contribution in [2.75, 3.05) is 0 Å². The number of hydrogen-bond acceptors (Lipinski definition) is 3. The molecule has 1 aromatic heterocycles. The molecule has 0 unspecified atom stereocenters. The molecule has 0 spiro atoms. The summed E-state index contributed by atoms with van der Waals surface area (Å²) >= 11 is 3.43. The van der Waals surface area contributed by atoms with Gasteiger partial charge in [0, 0.05) is 28.4 Å². The Bertz CT molecular complexity index is 799. The summed E-state index contributed by atoms with van der Waals surface area (Å²) < 4.78 is 2.23. The van der Waals surface area contributed by atoms with Gasteiger partial charge < -0.3 is 10.1 Å². The van der Waals surface area contributed by atoms with Crippen LogP contribution < -0.4 is 5.69 Å². The van der Waals surface area contributed by atoms with E-state index in [4.69, 9.17) is 0 Å². The zero-order valence-electron chi connectivity index (χ0n) is 10.7. The average Bonchev–Trinajstić information content (AvgIpc) is 2.92. The normalized spacial score (nSPS) is 15.0. The molecule has 0 saturated carbocycles. The molecule has 0 radical (unpaired) electrons. The minimum atomic E-state index is -0.318. The van der Waals surface area contributed by atoms with Crippen LogP contribution in [0.5, 0.6) is 5.88 Å². The lowest BCUT2D eigenvalue weighted by molar-refractivity contribution is 0.417. The summed E-state index contributed by atoms with van der Waals surface area (Å²) in [5.74, 6) is -0.0538. The number of aromatic hydroxyl groups is 1. The van der Waals surface area contributed by atoms with Crippen LogP contribution in [-0.2, 0) is 6.54 Å². The number of allylic oxidation sites excluding steroid dienone is 1. The van der Waals surface area contributed by atoms with E-state index in [0.717, 1.165) is 21.3 Å². The molecule has 2 N–H and O–H groups in total. The minimum Gasteiger partial charge on any atom is -0.493 e. The maximum Gasteiger partial charge on any atom is 0.328 e. The van der Waals surface area contributed by atoms with Crippen LogP contribution in [0.3, 0.4) is 0 Å². The van der Waals surface area contributed by atoms with Gasteiger partial charge in [0.05, 0.1) is 5.69 Å². The molecule has 2 aromatic rings. The number of imidazole rings is 1. The van der Waals surface area contributed by atoms with Gasteiger partial charge in [-0.15, -0.1) is 0 Å². The Morgan fingerprint density at radius 3 is 3.00 bits per heavy atom. The number of aromatic amines is 1. The maximum absolute atomic E-state index is 11.6. The van der Waals surface area contributed by atoms with Crippen LogP contribution in [0.15, 0.2) is 32.5 Å². The van der Waals surface area contributed by atoms with E-state index < -0.39 is 0 Å². The van der Waals surface area contributed by atoms with Crippen molar-refractivity contribution >= 4 is 39.5 Å². The highest BCUT2D eigenvalue weighted by Crippen LogP contribution is 2.35. The third-order valence-corrected chi connectivity index (χ3v) is 3.70. The zero-order chi connectivity index (χ0) is 14.3. The molecule has 3 rings (SSSR count). The van der Waals surface area contributed by atoms with E-state index in [2.05, 4.69) is 25.9 Å². The van der Waals surface area contributed by atoms with Crippen molar-refractivity contribution in [2.45, 2.75) is 13.5 Å². The summed E-state index contributed by atoms with van der Waals surface area (Å²) in [7, 11) is 0. The van der Waals surface area contributed by atoms with Crippen LogP contribution in [0, 0.1) is 0 Å². The summed E-state index contributed by atoms with van der Waals surface area (Å²) in [5.41, 5.74) is 2.76. The number of nitrogens with one attached hydrogen (secondary N) is 1. The molecule has 0 amide bonds. The summed E-state index contributed by atoms with van der Waals surface area (Å²) in [6.07, 6.45) is 3.45. The van der Waals surface area contributed by atoms with E-state index in [1.165, 1.54) is 4.57 Å². The summed E-state index contributed by atoms with van der Waals surface area (Å²) in [4.78, 5) is 18.6. The summed E-state index contributed by atoms with van der Waals surface area (Å²) in [6, 6.07) is 5.79. The second-order valence-corrected chi connectivity index (χ2v) is 5.35. The topological polar surface area (TPSA) is 70.4 Å². The van der Waals surface area contributed by atoms with Gasteiger partial charge in [-0.2, -0.15) is 0 Å². The Morgan fingerprint density at radius 2 is 2.30 bits per heavy atom. The molecule has 20 heavy (non-hydrogen) atoms. The number of hydrogen-bond donors (Lipinski definition) is 2. The highest BCUT2D eigenvalue weighted by molar-refractivity contribution is 9.10. The van der Waals surface area contributed by atoms with E-state index in [1.54, 1.807) is 19.2 Å². The van der Waals surface area contributed by atoms with Crippen LogP contribution in [0.4, 0.5) is 5.69 Å². The molecule has 1 aromatic carbocycles. The fraction of sp³-hybridized carbons (Fsp3) is 0.143. The highest BCUT2D eigenvalue weighted by atomic mass is 79.9. The zero-order valence-corrected chi connectivity index (χ0v) is 12.3. The standard InChI is InChI=1S/C14H12BrN3O2/c1-2-18-13(19)12(17-14(18)20)5-8-7-16-11-4-3-9(15)6-10(8)11/h3-7,19H,2H2,1H3,(H,17,20)/b8-5+.